The lowest BCUT2D eigenvalue weighted by Crippen LogP contribution is -2.31. The van der Waals surface area contributed by atoms with E-state index in [4.69, 9.17) is 5.11 Å². The number of hydrogen-bond donors (Lipinski definition) is 1. The Labute approximate surface area is 117 Å². The van der Waals surface area contributed by atoms with Gasteiger partial charge < -0.3 is 5.11 Å². The van der Waals surface area contributed by atoms with Gasteiger partial charge in [-0.05, 0) is 20.8 Å². The maximum atomic E-state index is 11.8. The number of carboxylic acids is 1. The summed E-state index contributed by atoms with van der Waals surface area (Å²) in [5.41, 5.74) is 0.689. The molecule has 1 atom stereocenters. The summed E-state index contributed by atoms with van der Waals surface area (Å²) in [6.07, 6.45) is 1.08. The Bertz CT molecular complexity index is 691. The van der Waals surface area contributed by atoms with Crippen LogP contribution in [-0.2, 0) is 21.2 Å². The van der Waals surface area contributed by atoms with E-state index in [0.717, 1.165) is 6.26 Å². The first-order valence-electron chi connectivity index (χ1n) is 6.03. The fraction of sp³-hybridized carbons (Fsp3) is 0.583. The van der Waals surface area contributed by atoms with Crippen LogP contribution in [0.25, 0.3) is 0 Å². The predicted molar refractivity (Wildman–Crippen MR) is 73.7 cm³/mol. The Morgan fingerprint density at radius 1 is 1.40 bits per heavy atom. The molecule has 7 nitrogen and oxygen atoms in total. The van der Waals surface area contributed by atoms with Crippen LogP contribution in [0.2, 0.25) is 0 Å². The molecule has 0 aliphatic rings. The van der Waals surface area contributed by atoms with Crippen molar-refractivity contribution in [2.75, 3.05) is 12.0 Å². The third kappa shape index (κ3) is 3.66. The summed E-state index contributed by atoms with van der Waals surface area (Å²) in [7, 11) is -3.22. The highest BCUT2D eigenvalue weighted by atomic mass is 32.2. The summed E-state index contributed by atoms with van der Waals surface area (Å²) in [5.74, 6) is -2.03. The Kier molecular flexibility index (Phi) is 4.69. The van der Waals surface area contributed by atoms with Gasteiger partial charge in [-0.1, -0.05) is 0 Å². The first kappa shape index (κ1) is 16.4. The average molecular weight is 302 g/mol. The van der Waals surface area contributed by atoms with Gasteiger partial charge in [0.25, 0.3) is 0 Å². The molecule has 1 unspecified atom stereocenters. The highest BCUT2D eigenvalue weighted by molar-refractivity contribution is 7.90. The minimum absolute atomic E-state index is 0.0316. The lowest BCUT2D eigenvalue weighted by Gasteiger charge is -2.17. The van der Waals surface area contributed by atoms with E-state index in [-0.39, 0.29) is 12.3 Å². The second-order valence-corrected chi connectivity index (χ2v) is 7.08. The van der Waals surface area contributed by atoms with Crippen molar-refractivity contribution in [3.8, 4) is 0 Å². The standard InChI is InChI=1S/C12H18N2O5S/c1-7(11(15)16)10-8(2)13-12(17)14(9(10)3)5-6-20(4,18)19/h7H,5-6H2,1-4H3,(H,15,16). The molecule has 0 fully saturated rings. The molecule has 0 amide bonds. The number of sulfone groups is 1. The fourth-order valence-corrected chi connectivity index (χ4v) is 2.60. The SMILES string of the molecule is Cc1nc(=O)n(CCS(C)(=O)=O)c(C)c1C(C)C(=O)O. The van der Waals surface area contributed by atoms with Crippen LogP contribution in [0.5, 0.6) is 0 Å². The van der Waals surface area contributed by atoms with E-state index in [0.29, 0.717) is 17.0 Å². The molecular weight excluding hydrogens is 284 g/mol. The first-order valence-corrected chi connectivity index (χ1v) is 8.09. The molecular formula is C12H18N2O5S. The summed E-state index contributed by atoms with van der Waals surface area (Å²) in [5, 5.41) is 9.09. The molecule has 1 aromatic rings. The van der Waals surface area contributed by atoms with Crippen molar-refractivity contribution in [2.24, 2.45) is 0 Å². The Morgan fingerprint density at radius 2 is 1.95 bits per heavy atom. The zero-order valence-corrected chi connectivity index (χ0v) is 12.7. The van der Waals surface area contributed by atoms with Gasteiger partial charge >= 0.3 is 11.7 Å². The molecule has 0 bridgehead atoms. The molecule has 112 valence electrons. The van der Waals surface area contributed by atoms with Crippen LogP contribution in [0.3, 0.4) is 0 Å². The van der Waals surface area contributed by atoms with Crippen molar-refractivity contribution in [1.29, 1.82) is 0 Å². The second-order valence-electron chi connectivity index (χ2n) is 4.82. The van der Waals surface area contributed by atoms with Crippen LogP contribution >= 0.6 is 0 Å². The number of aliphatic carboxylic acids is 1. The minimum atomic E-state index is -3.22. The Balaban J connectivity index is 3.36. The number of carboxylic acid groups (broad SMARTS) is 1. The van der Waals surface area contributed by atoms with Crippen molar-refractivity contribution >= 4 is 15.8 Å². The van der Waals surface area contributed by atoms with E-state index < -0.39 is 27.4 Å². The highest BCUT2D eigenvalue weighted by Crippen LogP contribution is 2.21. The van der Waals surface area contributed by atoms with Crippen LogP contribution in [-0.4, -0.2) is 41.1 Å². The zero-order chi connectivity index (χ0) is 15.7. The monoisotopic (exact) mass is 302 g/mol. The maximum Gasteiger partial charge on any atom is 0.348 e. The van der Waals surface area contributed by atoms with Crippen molar-refractivity contribution < 1.29 is 18.3 Å². The summed E-state index contributed by atoms with van der Waals surface area (Å²) in [4.78, 5) is 26.7. The van der Waals surface area contributed by atoms with Gasteiger partial charge in [0.2, 0.25) is 0 Å². The molecule has 1 N–H and O–H groups in total. The molecule has 20 heavy (non-hydrogen) atoms. The predicted octanol–water partition coefficient (Wildman–Crippen LogP) is 0.0928. The molecule has 0 saturated heterocycles. The van der Waals surface area contributed by atoms with Gasteiger partial charge in [0, 0.05) is 29.8 Å². The molecule has 8 heteroatoms. The first-order chi connectivity index (χ1) is 9.04. The normalized spacial score (nSPS) is 13.2. The lowest BCUT2D eigenvalue weighted by atomic mass is 9.98. The number of aryl methyl sites for hydroxylation is 1. The van der Waals surface area contributed by atoms with Crippen LogP contribution < -0.4 is 5.69 Å². The fourth-order valence-electron chi connectivity index (χ4n) is 2.09. The van der Waals surface area contributed by atoms with Crippen LogP contribution in [0.1, 0.15) is 29.8 Å². The van der Waals surface area contributed by atoms with Crippen LogP contribution in [0, 0.1) is 13.8 Å². The summed E-state index contributed by atoms with van der Waals surface area (Å²) < 4.78 is 23.6. The van der Waals surface area contributed by atoms with Gasteiger partial charge in [-0.25, -0.2) is 13.2 Å². The van der Waals surface area contributed by atoms with Gasteiger partial charge in [0.1, 0.15) is 9.84 Å². The smallest absolute Gasteiger partial charge is 0.348 e. The second kappa shape index (κ2) is 5.74. The molecule has 1 rings (SSSR count). The largest absolute Gasteiger partial charge is 0.481 e. The molecule has 1 aromatic heterocycles. The molecule has 1 heterocycles. The van der Waals surface area contributed by atoms with Gasteiger partial charge in [-0.2, -0.15) is 4.98 Å². The number of carbonyl (C=O) groups is 1. The maximum absolute atomic E-state index is 11.8. The third-order valence-electron chi connectivity index (χ3n) is 3.17. The zero-order valence-electron chi connectivity index (χ0n) is 11.9. The van der Waals surface area contributed by atoms with E-state index in [2.05, 4.69) is 4.98 Å². The highest BCUT2D eigenvalue weighted by Gasteiger charge is 2.22. The minimum Gasteiger partial charge on any atom is -0.481 e. The summed E-state index contributed by atoms with van der Waals surface area (Å²) in [6, 6.07) is 0. The van der Waals surface area contributed by atoms with E-state index >= 15 is 0 Å². The van der Waals surface area contributed by atoms with Crippen molar-refractivity contribution in [2.45, 2.75) is 33.2 Å². The van der Waals surface area contributed by atoms with Crippen LogP contribution in [0.4, 0.5) is 0 Å². The number of hydrogen-bond acceptors (Lipinski definition) is 5. The van der Waals surface area contributed by atoms with Gasteiger partial charge in [-0.15, -0.1) is 0 Å². The van der Waals surface area contributed by atoms with E-state index in [1.54, 1.807) is 13.8 Å². The number of aromatic nitrogens is 2. The Morgan fingerprint density at radius 3 is 2.40 bits per heavy atom. The molecule has 0 aromatic carbocycles. The third-order valence-corrected chi connectivity index (χ3v) is 4.09. The van der Waals surface area contributed by atoms with Crippen molar-refractivity contribution in [1.82, 2.24) is 9.55 Å². The van der Waals surface area contributed by atoms with Crippen molar-refractivity contribution in [3.63, 3.8) is 0 Å². The molecule has 0 spiro atoms. The van der Waals surface area contributed by atoms with Crippen LogP contribution in [0.15, 0.2) is 4.79 Å². The quantitative estimate of drug-likeness (QED) is 0.826. The average Bonchev–Trinajstić information content (AvgIpc) is 2.26. The van der Waals surface area contributed by atoms with E-state index in [1.807, 2.05) is 0 Å². The summed E-state index contributed by atoms with van der Waals surface area (Å²) >= 11 is 0. The number of nitrogens with zero attached hydrogens (tertiary/aromatic N) is 2. The van der Waals surface area contributed by atoms with Gasteiger partial charge in [0.15, 0.2) is 0 Å². The molecule has 0 aliphatic heterocycles. The Hall–Kier alpha value is -1.70. The number of rotatable bonds is 5. The summed E-state index contributed by atoms with van der Waals surface area (Å²) in [6.45, 7) is 4.65. The van der Waals surface area contributed by atoms with E-state index in [9.17, 15) is 18.0 Å². The molecule has 0 saturated carbocycles. The lowest BCUT2D eigenvalue weighted by molar-refractivity contribution is -0.138. The van der Waals surface area contributed by atoms with Gasteiger partial charge in [-0.3, -0.25) is 9.36 Å². The topological polar surface area (TPSA) is 106 Å². The molecule has 0 aliphatic carbocycles. The van der Waals surface area contributed by atoms with E-state index in [1.165, 1.54) is 11.5 Å². The van der Waals surface area contributed by atoms with Crippen molar-refractivity contribution in [3.05, 3.63) is 27.4 Å². The van der Waals surface area contributed by atoms with Gasteiger partial charge in [0.05, 0.1) is 11.7 Å². The molecule has 0 radical (unpaired) electrons.